The summed E-state index contributed by atoms with van der Waals surface area (Å²) in [7, 11) is 1.34. The fourth-order valence-corrected chi connectivity index (χ4v) is 4.29. The molecule has 2 aromatic carbocycles. The standard InChI is InChI=1S/C23H24N2O3/c1-12-19(23(27)28-4)13(2)25-21(12)22(26)14(3)24-18-11-10-16-9-8-15-6-5-7-17(18)20(15)16/h5-7,10-11,14,24-25H,8-9H2,1-4H3. The summed E-state index contributed by atoms with van der Waals surface area (Å²) in [6.45, 7) is 5.39. The van der Waals surface area contributed by atoms with Crippen LogP contribution in [-0.4, -0.2) is 29.9 Å². The summed E-state index contributed by atoms with van der Waals surface area (Å²) < 4.78 is 4.84. The van der Waals surface area contributed by atoms with E-state index in [9.17, 15) is 9.59 Å². The average molecular weight is 376 g/mol. The van der Waals surface area contributed by atoms with Crippen LogP contribution in [0.3, 0.4) is 0 Å². The molecule has 1 heterocycles. The highest BCUT2D eigenvalue weighted by molar-refractivity contribution is 6.06. The van der Waals surface area contributed by atoms with Gasteiger partial charge in [-0.15, -0.1) is 0 Å². The molecule has 1 aromatic heterocycles. The third-order valence-electron chi connectivity index (χ3n) is 5.72. The number of aryl methyl sites for hydroxylation is 3. The lowest BCUT2D eigenvalue weighted by molar-refractivity contribution is 0.0599. The maximum Gasteiger partial charge on any atom is 0.339 e. The fraction of sp³-hybridized carbons (Fsp3) is 0.304. The number of benzene rings is 2. The number of hydrogen-bond donors (Lipinski definition) is 2. The van der Waals surface area contributed by atoms with Crippen LogP contribution in [0.4, 0.5) is 5.69 Å². The molecule has 3 aromatic rings. The molecule has 1 aliphatic carbocycles. The van der Waals surface area contributed by atoms with Crippen molar-refractivity contribution >= 4 is 28.2 Å². The highest BCUT2D eigenvalue weighted by Crippen LogP contribution is 2.35. The van der Waals surface area contributed by atoms with Gasteiger partial charge in [-0.2, -0.15) is 0 Å². The van der Waals surface area contributed by atoms with Crippen LogP contribution in [0.5, 0.6) is 0 Å². The lowest BCUT2D eigenvalue weighted by atomic mass is 10.0. The van der Waals surface area contributed by atoms with Gasteiger partial charge in [0.1, 0.15) is 0 Å². The molecule has 0 fully saturated rings. The number of carbonyl (C=O) groups excluding carboxylic acids is 2. The Balaban J connectivity index is 1.65. The molecule has 144 valence electrons. The van der Waals surface area contributed by atoms with Gasteiger partial charge >= 0.3 is 5.97 Å². The summed E-state index contributed by atoms with van der Waals surface area (Å²) in [5.74, 6) is -0.516. The molecule has 0 radical (unpaired) electrons. The Bertz CT molecular complexity index is 1100. The Hall–Kier alpha value is -3.08. The molecule has 0 aliphatic heterocycles. The minimum Gasteiger partial charge on any atom is -0.465 e. The molecule has 5 heteroatoms. The van der Waals surface area contributed by atoms with Gasteiger partial charge in [-0.05, 0) is 61.8 Å². The number of rotatable bonds is 5. The zero-order valence-corrected chi connectivity index (χ0v) is 16.6. The van der Waals surface area contributed by atoms with E-state index < -0.39 is 12.0 Å². The minimum atomic E-state index is -0.444. The van der Waals surface area contributed by atoms with Crippen molar-refractivity contribution in [2.24, 2.45) is 0 Å². The largest absolute Gasteiger partial charge is 0.465 e. The van der Waals surface area contributed by atoms with Crippen molar-refractivity contribution in [3.63, 3.8) is 0 Å². The Morgan fingerprint density at radius 3 is 2.54 bits per heavy atom. The van der Waals surface area contributed by atoms with Gasteiger partial charge in [0.25, 0.3) is 0 Å². The van der Waals surface area contributed by atoms with Crippen LogP contribution in [-0.2, 0) is 17.6 Å². The molecule has 1 atom stereocenters. The van der Waals surface area contributed by atoms with Crippen molar-refractivity contribution < 1.29 is 14.3 Å². The predicted octanol–water partition coefficient (Wildman–Crippen LogP) is 4.35. The number of anilines is 1. The van der Waals surface area contributed by atoms with Gasteiger partial charge in [-0.1, -0.05) is 24.3 Å². The van der Waals surface area contributed by atoms with Gasteiger partial charge in [0.05, 0.1) is 24.4 Å². The first-order valence-electron chi connectivity index (χ1n) is 9.54. The van der Waals surface area contributed by atoms with E-state index in [0.717, 1.165) is 23.9 Å². The predicted molar refractivity (Wildman–Crippen MR) is 110 cm³/mol. The van der Waals surface area contributed by atoms with Crippen LogP contribution < -0.4 is 5.32 Å². The number of aromatic nitrogens is 1. The summed E-state index contributed by atoms with van der Waals surface area (Å²) in [5.41, 5.74) is 5.85. The monoisotopic (exact) mass is 376 g/mol. The molecule has 2 N–H and O–H groups in total. The second-order valence-electron chi connectivity index (χ2n) is 7.46. The van der Waals surface area contributed by atoms with Gasteiger partial charge in [-0.25, -0.2) is 4.79 Å². The first-order chi connectivity index (χ1) is 13.4. The molecule has 1 unspecified atom stereocenters. The van der Waals surface area contributed by atoms with E-state index in [1.165, 1.54) is 23.6 Å². The normalized spacial score (nSPS) is 13.6. The molecule has 0 spiro atoms. The van der Waals surface area contributed by atoms with Crippen LogP contribution in [0.1, 0.15) is 50.2 Å². The molecule has 0 saturated carbocycles. The SMILES string of the molecule is COC(=O)c1c(C)[nH]c(C(=O)C(C)Nc2ccc3c4c(cccc24)CC3)c1C. The molecule has 0 saturated heterocycles. The average Bonchev–Trinajstić information content (AvgIpc) is 3.24. The Morgan fingerprint density at radius 2 is 1.82 bits per heavy atom. The van der Waals surface area contributed by atoms with Crippen molar-refractivity contribution in [3.8, 4) is 0 Å². The van der Waals surface area contributed by atoms with Crippen LogP contribution in [0.25, 0.3) is 10.8 Å². The second kappa shape index (κ2) is 6.82. The zero-order chi connectivity index (χ0) is 20.0. The topological polar surface area (TPSA) is 71.2 Å². The molecule has 28 heavy (non-hydrogen) atoms. The van der Waals surface area contributed by atoms with E-state index in [0.29, 0.717) is 22.5 Å². The maximum absolute atomic E-state index is 13.1. The number of carbonyl (C=O) groups is 2. The van der Waals surface area contributed by atoms with Crippen LogP contribution in [0, 0.1) is 13.8 Å². The van der Waals surface area contributed by atoms with Gasteiger partial charge in [0, 0.05) is 16.8 Å². The molecule has 5 nitrogen and oxygen atoms in total. The number of hydrogen-bond acceptors (Lipinski definition) is 4. The van der Waals surface area contributed by atoms with Gasteiger partial charge in [0.15, 0.2) is 0 Å². The second-order valence-corrected chi connectivity index (χ2v) is 7.46. The Morgan fingerprint density at radius 1 is 1.11 bits per heavy atom. The molecule has 0 amide bonds. The highest BCUT2D eigenvalue weighted by atomic mass is 16.5. The van der Waals surface area contributed by atoms with Crippen molar-refractivity contribution in [2.45, 2.75) is 39.7 Å². The number of Topliss-reactive ketones (excluding diaryl/α,β-unsaturated/α-hetero) is 1. The highest BCUT2D eigenvalue weighted by Gasteiger charge is 2.26. The first-order valence-corrected chi connectivity index (χ1v) is 9.54. The fourth-order valence-electron chi connectivity index (χ4n) is 4.29. The number of methoxy groups -OCH3 is 1. The number of H-pyrrole nitrogens is 1. The molecule has 4 rings (SSSR count). The summed E-state index contributed by atoms with van der Waals surface area (Å²) >= 11 is 0. The van der Waals surface area contributed by atoms with E-state index in [1.54, 1.807) is 13.8 Å². The van der Waals surface area contributed by atoms with E-state index >= 15 is 0 Å². The summed E-state index contributed by atoms with van der Waals surface area (Å²) in [6.07, 6.45) is 2.14. The molecular formula is C23H24N2O3. The van der Waals surface area contributed by atoms with Gasteiger partial charge < -0.3 is 15.0 Å². The third-order valence-corrected chi connectivity index (χ3v) is 5.72. The summed E-state index contributed by atoms with van der Waals surface area (Å²) in [6, 6.07) is 10.1. The molecular weight excluding hydrogens is 352 g/mol. The van der Waals surface area contributed by atoms with E-state index in [4.69, 9.17) is 4.74 Å². The van der Waals surface area contributed by atoms with Crippen LogP contribution in [0.15, 0.2) is 30.3 Å². The maximum atomic E-state index is 13.1. The van der Waals surface area contributed by atoms with Crippen molar-refractivity contribution in [1.82, 2.24) is 4.98 Å². The quantitative estimate of drug-likeness (QED) is 0.513. The van der Waals surface area contributed by atoms with Gasteiger partial charge in [0.2, 0.25) is 5.78 Å². The smallest absolute Gasteiger partial charge is 0.339 e. The molecule has 1 aliphatic rings. The minimum absolute atomic E-state index is 0.0843. The number of esters is 1. The Kier molecular flexibility index (Phi) is 4.46. The summed E-state index contributed by atoms with van der Waals surface area (Å²) in [4.78, 5) is 28.2. The van der Waals surface area contributed by atoms with E-state index in [2.05, 4.69) is 40.6 Å². The zero-order valence-electron chi connectivity index (χ0n) is 16.6. The molecule has 0 bridgehead atoms. The lowest BCUT2D eigenvalue weighted by Crippen LogP contribution is -2.27. The number of nitrogens with one attached hydrogen (secondary N) is 2. The lowest BCUT2D eigenvalue weighted by Gasteiger charge is -2.17. The summed E-state index contributed by atoms with van der Waals surface area (Å²) in [5, 5.41) is 5.85. The van der Waals surface area contributed by atoms with E-state index in [1.807, 2.05) is 6.92 Å². The van der Waals surface area contributed by atoms with Crippen molar-refractivity contribution in [1.29, 1.82) is 0 Å². The first kappa shape index (κ1) is 18.3. The third kappa shape index (κ3) is 2.78. The van der Waals surface area contributed by atoms with Crippen LogP contribution in [0.2, 0.25) is 0 Å². The van der Waals surface area contributed by atoms with Crippen molar-refractivity contribution in [2.75, 3.05) is 12.4 Å². The number of aromatic amines is 1. The van der Waals surface area contributed by atoms with Gasteiger partial charge in [-0.3, -0.25) is 4.79 Å². The van der Waals surface area contributed by atoms with E-state index in [-0.39, 0.29) is 5.78 Å². The number of ketones is 1. The number of ether oxygens (including phenoxy) is 1. The van der Waals surface area contributed by atoms with Crippen molar-refractivity contribution in [3.05, 3.63) is 64.0 Å². The van der Waals surface area contributed by atoms with Crippen LogP contribution >= 0.6 is 0 Å². The Labute approximate surface area is 164 Å².